The summed E-state index contributed by atoms with van der Waals surface area (Å²) in [7, 11) is 0. The number of nitrogens with zero attached hydrogens (tertiary/aromatic N) is 3. The second kappa shape index (κ2) is 7.23. The van der Waals surface area contributed by atoms with Crippen LogP contribution in [0.1, 0.15) is 0 Å². The third kappa shape index (κ3) is 3.16. The van der Waals surface area contributed by atoms with Crippen molar-refractivity contribution in [2.24, 2.45) is 0 Å². The van der Waals surface area contributed by atoms with Crippen LogP contribution in [-0.4, -0.2) is 60.3 Å². The van der Waals surface area contributed by atoms with Crippen LogP contribution >= 0.6 is 0 Å². The van der Waals surface area contributed by atoms with Crippen molar-refractivity contribution < 1.29 is 23.9 Å². The fourth-order valence-electron chi connectivity index (χ4n) is 3.74. The molecule has 30 heavy (non-hydrogen) atoms. The third-order valence-corrected chi connectivity index (χ3v) is 5.18. The number of rotatable bonds is 4. The summed E-state index contributed by atoms with van der Waals surface area (Å²) in [5.41, 5.74) is 4.44. The Bertz CT molecular complexity index is 1010. The van der Waals surface area contributed by atoms with Crippen molar-refractivity contribution in [2.45, 2.75) is 6.29 Å². The van der Waals surface area contributed by atoms with Gasteiger partial charge in [-0.05, 0) is 24.3 Å². The number of hydrogen-bond acceptors (Lipinski definition) is 7. The Balaban J connectivity index is 1.29. The van der Waals surface area contributed by atoms with Gasteiger partial charge in [-0.25, -0.2) is 0 Å². The van der Waals surface area contributed by atoms with Crippen LogP contribution in [0.5, 0.6) is 11.5 Å². The summed E-state index contributed by atoms with van der Waals surface area (Å²) in [6, 6.07) is 14.6. The number of carbonyl (C=O) groups is 3. The zero-order valence-electron chi connectivity index (χ0n) is 15.9. The van der Waals surface area contributed by atoms with Crippen LogP contribution in [0.2, 0.25) is 0 Å². The van der Waals surface area contributed by atoms with Crippen molar-refractivity contribution in [3.63, 3.8) is 0 Å². The maximum absolute atomic E-state index is 12.6. The van der Waals surface area contributed by atoms with Crippen LogP contribution in [0, 0.1) is 0 Å². The first-order valence-corrected chi connectivity index (χ1v) is 9.50. The minimum atomic E-state index is -0.762. The molecular weight excluding hydrogens is 390 g/mol. The Morgan fingerprint density at radius 3 is 2.60 bits per heavy atom. The highest BCUT2D eigenvalue weighted by molar-refractivity contribution is 6.35. The number of anilines is 2. The molecule has 3 aliphatic heterocycles. The minimum Gasteiger partial charge on any atom is -0.454 e. The number of hydrazine groups is 1. The lowest BCUT2D eigenvalue weighted by Crippen LogP contribution is -2.68. The average molecular weight is 409 g/mol. The van der Waals surface area contributed by atoms with E-state index in [-0.39, 0.29) is 13.3 Å². The number of benzene rings is 2. The van der Waals surface area contributed by atoms with Gasteiger partial charge in [-0.2, -0.15) is 5.43 Å². The molecule has 0 bridgehead atoms. The highest BCUT2D eigenvalue weighted by Crippen LogP contribution is 2.34. The molecule has 154 valence electrons. The zero-order valence-corrected chi connectivity index (χ0v) is 15.9. The van der Waals surface area contributed by atoms with Crippen molar-refractivity contribution in [2.75, 3.05) is 36.6 Å². The summed E-state index contributed by atoms with van der Waals surface area (Å²) in [6.07, 6.45) is -0.532. The van der Waals surface area contributed by atoms with Crippen molar-refractivity contribution in [3.05, 3.63) is 48.5 Å². The Labute approximate surface area is 171 Å². The molecule has 10 nitrogen and oxygen atoms in total. The van der Waals surface area contributed by atoms with Crippen LogP contribution in [0.4, 0.5) is 11.4 Å². The molecular formula is C20H19N5O5. The molecule has 1 atom stereocenters. The molecule has 2 fully saturated rings. The van der Waals surface area contributed by atoms with Crippen LogP contribution in [0.15, 0.2) is 48.5 Å². The molecule has 0 aromatic heterocycles. The van der Waals surface area contributed by atoms with E-state index in [2.05, 4.69) is 10.7 Å². The Kier molecular flexibility index (Phi) is 4.40. The molecule has 0 saturated carbocycles. The van der Waals surface area contributed by atoms with E-state index in [1.54, 1.807) is 18.2 Å². The quantitative estimate of drug-likeness (QED) is 0.702. The summed E-state index contributed by atoms with van der Waals surface area (Å²) in [4.78, 5) is 41.0. The number of fused-ring (bicyclic) bond motifs is 2. The molecule has 2 saturated heterocycles. The average Bonchev–Trinajstić information content (AvgIpc) is 3.39. The molecule has 3 heterocycles. The lowest BCUT2D eigenvalue weighted by atomic mass is 10.2. The summed E-state index contributed by atoms with van der Waals surface area (Å²) in [6.45, 7) is 0.829. The summed E-state index contributed by atoms with van der Waals surface area (Å²) < 4.78 is 10.5. The smallest absolute Gasteiger partial charge is 0.326 e. The summed E-state index contributed by atoms with van der Waals surface area (Å²) in [5.74, 6) is -0.695. The normalized spacial score (nSPS) is 19.9. The number of para-hydroxylation sites is 1. The number of ether oxygens (including phenoxy) is 2. The Hall–Kier alpha value is -3.79. The molecule has 0 radical (unpaired) electrons. The molecule has 2 aromatic rings. The SMILES string of the molecule is O=C(CN1NC2N(CCN2c2ccccc2)C(=O)C1=O)Nc1ccc2c(c1)OCO2. The highest BCUT2D eigenvalue weighted by atomic mass is 16.7. The van der Waals surface area contributed by atoms with Crippen LogP contribution < -0.4 is 25.1 Å². The highest BCUT2D eigenvalue weighted by Gasteiger charge is 2.45. The van der Waals surface area contributed by atoms with Gasteiger partial charge in [0.15, 0.2) is 17.8 Å². The molecule has 3 amide bonds. The van der Waals surface area contributed by atoms with Gasteiger partial charge in [0.1, 0.15) is 6.54 Å². The second-order valence-corrected chi connectivity index (χ2v) is 7.04. The molecule has 2 aromatic carbocycles. The van der Waals surface area contributed by atoms with Gasteiger partial charge in [-0.15, -0.1) is 0 Å². The summed E-state index contributed by atoms with van der Waals surface area (Å²) in [5, 5.41) is 3.77. The lowest BCUT2D eigenvalue weighted by molar-refractivity contribution is -0.163. The standard InChI is InChI=1S/C20H19N5O5/c26-17(21-13-6-7-15-16(10-13)30-12-29-15)11-25-19(28)18(27)24-9-8-23(20(24)22-25)14-4-2-1-3-5-14/h1-7,10,20,22H,8-9,11-12H2,(H,21,26). The minimum absolute atomic E-state index is 0.136. The molecule has 1 unspecified atom stereocenters. The maximum Gasteiger partial charge on any atom is 0.326 e. The number of carbonyl (C=O) groups excluding carboxylic acids is 3. The van der Waals surface area contributed by atoms with Crippen molar-refractivity contribution >= 4 is 29.1 Å². The van der Waals surface area contributed by atoms with Gasteiger partial charge in [0, 0.05) is 30.5 Å². The van der Waals surface area contributed by atoms with E-state index in [1.165, 1.54) is 4.90 Å². The van der Waals surface area contributed by atoms with Gasteiger partial charge in [-0.3, -0.25) is 24.3 Å². The largest absolute Gasteiger partial charge is 0.454 e. The van der Waals surface area contributed by atoms with Crippen molar-refractivity contribution in [1.82, 2.24) is 15.3 Å². The van der Waals surface area contributed by atoms with Crippen LogP contribution in [0.3, 0.4) is 0 Å². The zero-order chi connectivity index (χ0) is 20.7. The van der Waals surface area contributed by atoms with E-state index >= 15 is 0 Å². The predicted molar refractivity (Wildman–Crippen MR) is 105 cm³/mol. The first kappa shape index (κ1) is 18.3. The second-order valence-electron chi connectivity index (χ2n) is 7.04. The van der Waals surface area contributed by atoms with Gasteiger partial charge < -0.3 is 19.7 Å². The summed E-state index contributed by atoms with van der Waals surface area (Å²) >= 11 is 0. The van der Waals surface area contributed by atoms with Gasteiger partial charge in [0.05, 0.1) is 0 Å². The third-order valence-electron chi connectivity index (χ3n) is 5.18. The molecule has 2 N–H and O–H groups in total. The molecule has 10 heteroatoms. The monoisotopic (exact) mass is 409 g/mol. The van der Waals surface area contributed by atoms with E-state index in [9.17, 15) is 14.4 Å². The van der Waals surface area contributed by atoms with E-state index in [0.717, 1.165) is 10.7 Å². The first-order valence-electron chi connectivity index (χ1n) is 9.50. The lowest BCUT2D eigenvalue weighted by Gasteiger charge is -2.40. The molecule has 5 rings (SSSR count). The molecule has 0 aliphatic carbocycles. The number of nitrogens with one attached hydrogen (secondary N) is 2. The van der Waals surface area contributed by atoms with Crippen molar-refractivity contribution in [1.29, 1.82) is 0 Å². The number of amides is 3. The van der Waals surface area contributed by atoms with E-state index in [1.807, 2.05) is 35.2 Å². The van der Waals surface area contributed by atoms with Crippen LogP contribution in [0.25, 0.3) is 0 Å². The first-order chi connectivity index (χ1) is 14.6. The van der Waals surface area contributed by atoms with Crippen LogP contribution in [-0.2, 0) is 14.4 Å². The van der Waals surface area contributed by atoms with Gasteiger partial charge in [-0.1, -0.05) is 18.2 Å². The fourth-order valence-corrected chi connectivity index (χ4v) is 3.74. The van der Waals surface area contributed by atoms with Gasteiger partial charge in [0.25, 0.3) is 0 Å². The van der Waals surface area contributed by atoms with Gasteiger partial charge in [0.2, 0.25) is 12.7 Å². The maximum atomic E-state index is 12.6. The Morgan fingerprint density at radius 2 is 1.77 bits per heavy atom. The van der Waals surface area contributed by atoms with E-state index < -0.39 is 24.0 Å². The number of hydrogen-bond donors (Lipinski definition) is 2. The van der Waals surface area contributed by atoms with E-state index in [4.69, 9.17) is 9.47 Å². The molecule has 0 spiro atoms. The fraction of sp³-hybridized carbons (Fsp3) is 0.250. The molecule has 3 aliphatic rings. The topological polar surface area (TPSA) is 103 Å². The van der Waals surface area contributed by atoms with Crippen molar-refractivity contribution in [3.8, 4) is 11.5 Å². The van der Waals surface area contributed by atoms with E-state index in [0.29, 0.717) is 30.3 Å². The predicted octanol–water partition coefficient (Wildman–Crippen LogP) is 0.333. The Morgan fingerprint density at radius 1 is 1.00 bits per heavy atom. The van der Waals surface area contributed by atoms with Gasteiger partial charge >= 0.3 is 11.8 Å².